The van der Waals surface area contributed by atoms with E-state index in [4.69, 9.17) is 11.5 Å². The lowest BCUT2D eigenvalue weighted by atomic mass is 9.63. The van der Waals surface area contributed by atoms with Crippen molar-refractivity contribution in [1.82, 2.24) is 0 Å². The Hall–Kier alpha value is -0.0800. The highest BCUT2D eigenvalue weighted by molar-refractivity contribution is 5.12. The van der Waals surface area contributed by atoms with Gasteiger partial charge in [0.25, 0.3) is 0 Å². The van der Waals surface area contributed by atoms with Gasteiger partial charge in [-0.25, -0.2) is 0 Å². The van der Waals surface area contributed by atoms with E-state index in [0.717, 1.165) is 36.8 Å². The van der Waals surface area contributed by atoms with Crippen LogP contribution in [-0.4, -0.2) is 13.1 Å². The second kappa shape index (κ2) is 2.96. The van der Waals surface area contributed by atoms with Crippen LogP contribution >= 0.6 is 0 Å². The van der Waals surface area contributed by atoms with Crippen LogP contribution in [0.2, 0.25) is 0 Å². The number of hydrogen-bond donors (Lipinski definition) is 2. The predicted octanol–water partition coefficient (Wildman–Crippen LogP) is 1.35. The van der Waals surface area contributed by atoms with Crippen molar-refractivity contribution in [2.24, 2.45) is 40.6 Å². The van der Waals surface area contributed by atoms with Gasteiger partial charge >= 0.3 is 0 Å². The molecule has 0 aliphatic heterocycles. The number of rotatable bonds is 2. The maximum Gasteiger partial charge on any atom is -0.00120 e. The van der Waals surface area contributed by atoms with E-state index in [2.05, 4.69) is 0 Å². The molecule has 0 aromatic rings. The van der Waals surface area contributed by atoms with E-state index in [1.54, 1.807) is 0 Å². The normalized spacial score (nSPS) is 55.3. The molecule has 0 radical (unpaired) electrons. The largest absolute Gasteiger partial charge is 0.330 e. The Labute approximate surface area is 86.4 Å². The van der Waals surface area contributed by atoms with Crippen LogP contribution in [0.3, 0.4) is 0 Å². The Morgan fingerprint density at radius 2 is 1.93 bits per heavy atom. The average molecular weight is 194 g/mol. The third-order valence-electron chi connectivity index (χ3n) is 5.72. The lowest BCUT2D eigenvalue weighted by molar-refractivity contribution is 0.0734. The van der Waals surface area contributed by atoms with Gasteiger partial charge in [-0.05, 0) is 74.3 Å². The molecule has 3 aliphatic carbocycles. The molecule has 3 fully saturated rings. The van der Waals surface area contributed by atoms with Gasteiger partial charge in [-0.1, -0.05) is 0 Å². The molecule has 2 nitrogen and oxygen atoms in total. The zero-order valence-electron chi connectivity index (χ0n) is 8.91. The van der Waals surface area contributed by atoms with Gasteiger partial charge in [0.05, 0.1) is 0 Å². The van der Waals surface area contributed by atoms with Crippen molar-refractivity contribution < 1.29 is 0 Å². The van der Waals surface area contributed by atoms with Crippen LogP contribution in [0.15, 0.2) is 0 Å². The summed E-state index contributed by atoms with van der Waals surface area (Å²) in [4.78, 5) is 0. The van der Waals surface area contributed by atoms with Crippen LogP contribution < -0.4 is 11.5 Å². The van der Waals surface area contributed by atoms with Crippen LogP contribution in [0.5, 0.6) is 0 Å². The highest BCUT2D eigenvalue weighted by Gasteiger charge is 2.62. The Balaban J connectivity index is 1.97. The number of hydrogen-bond acceptors (Lipinski definition) is 2. The van der Waals surface area contributed by atoms with Gasteiger partial charge < -0.3 is 11.5 Å². The summed E-state index contributed by atoms with van der Waals surface area (Å²) < 4.78 is 0. The van der Waals surface area contributed by atoms with E-state index < -0.39 is 0 Å². The van der Waals surface area contributed by atoms with Gasteiger partial charge in [0.15, 0.2) is 0 Å². The Morgan fingerprint density at radius 3 is 2.64 bits per heavy atom. The first-order valence-corrected chi connectivity index (χ1v) is 6.23. The van der Waals surface area contributed by atoms with Crippen LogP contribution in [0.1, 0.15) is 32.1 Å². The van der Waals surface area contributed by atoms with Crippen molar-refractivity contribution in [3.05, 3.63) is 0 Å². The molecule has 0 aromatic heterocycles. The molecule has 80 valence electrons. The van der Waals surface area contributed by atoms with E-state index in [-0.39, 0.29) is 0 Å². The van der Waals surface area contributed by atoms with Crippen LogP contribution in [-0.2, 0) is 0 Å². The molecule has 3 saturated carbocycles. The fraction of sp³-hybridized carbons (Fsp3) is 1.00. The van der Waals surface area contributed by atoms with Crippen molar-refractivity contribution in [2.75, 3.05) is 13.1 Å². The molecule has 0 heterocycles. The van der Waals surface area contributed by atoms with Crippen LogP contribution in [0, 0.1) is 29.1 Å². The van der Waals surface area contributed by atoms with E-state index in [1.165, 1.54) is 32.1 Å². The molecule has 0 saturated heterocycles. The van der Waals surface area contributed by atoms with Gasteiger partial charge in [0.2, 0.25) is 0 Å². The molecular formula is C12H22N2. The van der Waals surface area contributed by atoms with Crippen LogP contribution in [0.25, 0.3) is 0 Å². The quantitative estimate of drug-likeness (QED) is 0.697. The van der Waals surface area contributed by atoms with Crippen molar-refractivity contribution in [3.63, 3.8) is 0 Å². The molecule has 4 N–H and O–H groups in total. The van der Waals surface area contributed by atoms with Gasteiger partial charge in [-0.3, -0.25) is 0 Å². The molecule has 3 aliphatic rings. The van der Waals surface area contributed by atoms with Gasteiger partial charge in [0.1, 0.15) is 0 Å². The van der Waals surface area contributed by atoms with E-state index in [1.807, 2.05) is 0 Å². The maximum atomic E-state index is 6.11. The fourth-order valence-electron chi connectivity index (χ4n) is 5.22. The lowest BCUT2D eigenvalue weighted by Crippen LogP contribution is -2.46. The van der Waals surface area contributed by atoms with Crippen molar-refractivity contribution in [1.29, 1.82) is 0 Å². The Morgan fingerprint density at radius 1 is 1.07 bits per heavy atom. The van der Waals surface area contributed by atoms with Crippen molar-refractivity contribution >= 4 is 0 Å². The molecule has 14 heavy (non-hydrogen) atoms. The zero-order chi connectivity index (χ0) is 9.76. The monoisotopic (exact) mass is 194 g/mol. The Kier molecular flexibility index (Phi) is 1.94. The first-order valence-electron chi connectivity index (χ1n) is 6.23. The number of nitrogens with two attached hydrogens (primary N) is 2. The van der Waals surface area contributed by atoms with Crippen molar-refractivity contribution in [3.8, 4) is 0 Å². The Bertz CT molecular complexity index is 236. The molecule has 0 spiro atoms. The topological polar surface area (TPSA) is 52.0 Å². The molecule has 5 atom stereocenters. The van der Waals surface area contributed by atoms with Crippen LogP contribution in [0.4, 0.5) is 0 Å². The standard InChI is InChI=1S/C12H22N2/c13-6-10-3-4-11-8-1-2-9(5-8)12(10,11)7-14/h8-11H,1-7,13-14H2. The summed E-state index contributed by atoms with van der Waals surface area (Å²) in [5.41, 5.74) is 12.5. The average Bonchev–Trinajstić information content (AvgIpc) is 2.88. The first-order chi connectivity index (χ1) is 6.82. The summed E-state index contributed by atoms with van der Waals surface area (Å²) in [6.07, 6.45) is 7.16. The molecule has 0 amide bonds. The molecule has 0 aromatic carbocycles. The summed E-state index contributed by atoms with van der Waals surface area (Å²) in [5, 5.41) is 0. The van der Waals surface area contributed by atoms with E-state index >= 15 is 0 Å². The second-order valence-electron chi connectivity index (χ2n) is 5.70. The number of fused-ring (bicyclic) bond motifs is 5. The smallest absolute Gasteiger partial charge is 0.00120 e. The third kappa shape index (κ3) is 0.849. The van der Waals surface area contributed by atoms with Gasteiger partial charge in [-0.2, -0.15) is 0 Å². The molecule has 3 rings (SSSR count). The van der Waals surface area contributed by atoms with Gasteiger partial charge in [0, 0.05) is 0 Å². The van der Waals surface area contributed by atoms with E-state index in [0.29, 0.717) is 5.41 Å². The van der Waals surface area contributed by atoms with Crippen molar-refractivity contribution in [2.45, 2.75) is 32.1 Å². The van der Waals surface area contributed by atoms with Gasteiger partial charge in [-0.15, -0.1) is 0 Å². The second-order valence-corrected chi connectivity index (χ2v) is 5.70. The summed E-state index contributed by atoms with van der Waals surface area (Å²) >= 11 is 0. The SMILES string of the molecule is NCC1CCC2C3CCC(C3)C12CN. The highest BCUT2D eigenvalue weighted by atomic mass is 14.8. The zero-order valence-corrected chi connectivity index (χ0v) is 8.91. The minimum atomic E-state index is 0.484. The van der Waals surface area contributed by atoms with E-state index in [9.17, 15) is 0 Å². The fourth-order valence-corrected chi connectivity index (χ4v) is 5.22. The molecule has 5 unspecified atom stereocenters. The summed E-state index contributed by atoms with van der Waals surface area (Å²) in [7, 11) is 0. The third-order valence-corrected chi connectivity index (χ3v) is 5.72. The highest BCUT2D eigenvalue weighted by Crippen LogP contribution is 2.67. The minimum absolute atomic E-state index is 0.484. The maximum absolute atomic E-state index is 6.11. The lowest BCUT2D eigenvalue weighted by Gasteiger charge is -2.43. The molecule has 2 bridgehead atoms. The molecule has 2 heteroatoms. The predicted molar refractivity (Wildman–Crippen MR) is 57.6 cm³/mol. The summed E-state index contributed by atoms with van der Waals surface area (Å²) in [5.74, 6) is 3.63. The first kappa shape index (κ1) is 9.17. The molecular weight excluding hydrogens is 172 g/mol. The summed E-state index contributed by atoms with van der Waals surface area (Å²) in [6, 6.07) is 0. The minimum Gasteiger partial charge on any atom is -0.330 e. The summed E-state index contributed by atoms with van der Waals surface area (Å²) in [6.45, 7) is 1.78.